The minimum atomic E-state index is 0.465. The van der Waals surface area contributed by atoms with Gasteiger partial charge in [0.05, 0.1) is 5.69 Å². The molecule has 0 saturated heterocycles. The van der Waals surface area contributed by atoms with Crippen LogP contribution in [-0.4, -0.2) is 0 Å². The minimum Gasteiger partial charge on any atom is -0.350 e. The lowest BCUT2D eigenvalue weighted by molar-refractivity contribution is 0.874. The third-order valence-electron chi connectivity index (χ3n) is 4.31. The Morgan fingerprint density at radius 2 is 1.65 bits per heavy atom. The zero-order valence-corrected chi connectivity index (χ0v) is 11.7. The van der Waals surface area contributed by atoms with Crippen molar-refractivity contribution in [2.45, 2.75) is 16.8 Å². The normalized spacial score (nSPS) is 19.0. The van der Waals surface area contributed by atoms with Crippen molar-refractivity contribution >= 4 is 28.2 Å². The van der Waals surface area contributed by atoms with Crippen molar-refractivity contribution in [1.29, 1.82) is 0 Å². The van der Waals surface area contributed by atoms with Crippen molar-refractivity contribution in [2.24, 2.45) is 0 Å². The van der Waals surface area contributed by atoms with E-state index in [0.717, 1.165) is 6.54 Å². The molecule has 2 heteroatoms. The van der Waals surface area contributed by atoms with Gasteiger partial charge < -0.3 is 4.90 Å². The Kier molecular flexibility index (Phi) is 2.05. The maximum atomic E-state index is 2.53. The molecule has 20 heavy (non-hydrogen) atoms. The second-order valence-corrected chi connectivity index (χ2v) is 6.59. The summed E-state index contributed by atoms with van der Waals surface area (Å²) < 4.78 is 0. The van der Waals surface area contributed by atoms with Gasteiger partial charge in [0.15, 0.2) is 0 Å². The fraction of sp³-hybridized carbons (Fsp3) is 0.111. The molecule has 0 spiro atoms. The quantitative estimate of drug-likeness (QED) is 0.570. The number of fused-ring (bicyclic) bond motifs is 6. The van der Waals surface area contributed by atoms with E-state index < -0.39 is 0 Å². The third-order valence-corrected chi connectivity index (χ3v) is 5.64. The molecule has 3 aromatic rings. The van der Waals surface area contributed by atoms with Crippen molar-refractivity contribution in [1.82, 2.24) is 0 Å². The number of thioether (sulfide) groups is 1. The summed E-state index contributed by atoms with van der Waals surface area (Å²) >= 11 is 1.98. The van der Waals surface area contributed by atoms with Crippen LogP contribution in [-0.2, 0) is 6.54 Å². The number of benzene rings is 3. The highest BCUT2D eigenvalue weighted by Crippen LogP contribution is 2.56. The molecule has 1 nitrogen and oxygen atoms in total. The van der Waals surface area contributed by atoms with Crippen molar-refractivity contribution < 1.29 is 0 Å². The van der Waals surface area contributed by atoms with E-state index >= 15 is 0 Å². The molecule has 0 radical (unpaired) electrons. The smallest absolute Gasteiger partial charge is 0.106 e. The maximum absolute atomic E-state index is 2.53. The van der Waals surface area contributed by atoms with Crippen LogP contribution in [0.3, 0.4) is 0 Å². The van der Waals surface area contributed by atoms with Gasteiger partial charge in [-0.1, -0.05) is 48.2 Å². The molecule has 0 aromatic heterocycles. The Labute approximate surface area is 122 Å². The number of hydrogen-bond donors (Lipinski definition) is 0. The molecule has 0 aliphatic carbocycles. The van der Waals surface area contributed by atoms with Crippen molar-refractivity contribution in [2.75, 3.05) is 4.90 Å². The highest BCUT2D eigenvalue weighted by molar-refractivity contribution is 8.00. The van der Waals surface area contributed by atoms with Crippen LogP contribution < -0.4 is 4.90 Å². The number of anilines is 1. The van der Waals surface area contributed by atoms with Gasteiger partial charge in [-0.15, -0.1) is 0 Å². The lowest BCUT2D eigenvalue weighted by Crippen LogP contribution is -2.14. The van der Waals surface area contributed by atoms with Gasteiger partial charge in [0.2, 0.25) is 0 Å². The Hall–Kier alpha value is -1.93. The minimum absolute atomic E-state index is 0.465. The lowest BCUT2D eigenvalue weighted by Gasteiger charge is -2.17. The van der Waals surface area contributed by atoms with Gasteiger partial charge >= 0.3 is 0 Å². The van der Waals surface area contributed by atoms with Crippen LogP contribution >= 0.6 is 11.8 Å². The van der Waals surface area contributed by atoms with Crippen molar-refractivity contribution in [3.8, 4) is 0 Å². The van der Waals surface area contributed by atoms with E-state index in [1.54, 1.807) is 0 Å². The van der Waals surface area contributed by atoms with Gasteiger partial charge in [-0.25, -0.2) is 0 Å². The van der Waals surface area contributed by atoms with E-state index in [1.165, 1.54) is 32.5 Å². The van der Waals surface area contributed by atoms with Crippen LogP contribution in [0.1, 0.15) is 16.5 Å². The van der Waals surface area contributed by atoms with Gasteiger partial charge in [0.25, 0.3) is 0 Å². The lowest BCUT2D eigenvalue weighted by atomic mass is 10.0. The van der Waals surface area contributed by atoms with Gasteiger partial charge in [0.1, 0.15) is 5.37 Å². The first-order valence-electron chi connectivity index (χ1n) is 6.94. The Balaban J connectivity index is 1.70. The number of rotatable bonds is 0. The Morgan fingerprint density at radius 3 is 2.55 bits per heavy atom. The van der Waals surface area contributed by atoms with Crippen LogP contribution in [0, 0.1) is 0 Å². The summed E-state index contributed by atoms with van der Waals surface area (Å²) in [6.07, 6.45) is 0. The number of nitrogens with zero attached hydrogens (tertiary/aromatic N) is 1. The molecule has 5 rings (SSSR count). The van der Waals surface area contributed by atoms with Gasteiger partial charge in [0, 0.05) is 11.4 Å². The standard InChI is InChI=1S/C18H13NS/c1-2-6-13-10-15-14(9-12(13)5-1)11-19-16-7-3-4-8-17(16)20-18(15)19/h1-10,18H,11H2. The molecule has 0 saturated carbocycles. The molecule has 96 valence electrons. The average Bonchev–Trinajstić information content (AvgIpc) is 3.01. The molecular formula is C18H13NS. The van der Waals surface area contributed by atoms with Crippen LogP contribution in [0.25, 0.3) is 10.8 Å². The molecular weight excluding hydrogens is 262 g/mol. The maximum Gasteiger partial charge on any atom is 0.106 e. The first-order chi connectivity index (χ1) is 9.90. The molecule has 3 aromatic carbocycles. The van der Waals surface area contributed by atoms with Gasteiger partial charge in [-0.3, -0.25) is 0 Å². The average molecular weight is 275 g/mol. The van der Waals surface area contributed by atoms with Crippen molar-refractivity contribution in [3.05, 3.63) is 71.8 Å². The number of hydrogen-bond acceptors (Lipinski definition) is 2. The van der Waals surface area contributed by atoms with E-state index in [4.69, 9.17) is 0 Å². The third kappa shape index (κ3) is 1.35. The molecule has 0 amide bonds. The molecule has 0 N–H and O–H groups in total. The van der Waals surface area contributed by atoms with E-state index in [9.17, 15) is 0 Å². The highest BCUT2D eigenvalue weighted by Gasteiger charge is 2.37. The topological polar surface area (TPSA) is 3.24 Å². The van der Waals surface area contributed by atoms with Crippen molar-refractivity contribution in [3.63, 3.8) is 0 Å². The first kappa shape index (κ1) is 10.8. The summed E-state index contributed by atoms with van der Waals surface area (Å²) in [5, 5.41) is 3.17. The monoisotopic (exact) mass is 275 g/mol. The number of para-hydroxylation sites is 1. The molecule has 2 aliphatic heterocycles. The summed E-state index contributed by atoms with van der Waals surface area (Å²) in [6, 6.07) is 22.2. The summed E-state index contributed by atoms with van der Waals surface area (Å²) in [5.41, 5.74) is 4.36. The Morgan fingerprint density at radius 1 is 0.900 bits per heavy atom. The van der Waals surface area contributed by atoms with Crippen LogP contribution in [0.5, 0.6) is 0 Å². The fourth-order valence-corrected chi connectivity index (χ4v) is 4.72. The molecule has 0 fully saturated rings. The summed E-state index contributed by atoms with van der Waals surface area (Å²) in [6.45, 7) is 1.04. The van der Waals surface area contributed by atoms with Gasteiger partial charge in [-0.05, 0) is 46.2 Å². The summed E-state index contributed by atoms with van der Waals surface area (Å²) in [7, 11) is 0. The van der Waals surface area contributed by atoms with E-state index in [0.29, 0.717) is 5.37 Å². The van der Waals surface area contributed by atoms with E-state index in [-0.39, 0.29) is 0 Å². The molecule has 1 atom stereocenters. The molecule has 0 bridgehead atoms. The largest absolute Gasteiger partial charge is 0.350 e. The Bertz CT molecular complexity index is 840. The SMILES string of the molecule is c1ccc2c(c1)SC1c3cc4ccccc4cc3CN21. The molecule has 2 heterocycles. The predicted octanol–water partition coefficient (Wildman–Crippen LogP) is 4.96. The fourth-order valence-electron chi connectivity index (χ4n) is 3.36. The summed E-state index contributed by atoms with van der Waals surface area (Å²) in [5.74, 6) is 0. The molecule has 2 aliphatic rings. The second-order valence-electron chi connectivity index (χ2n) is 5.46. The van der Waals surface area contributed by atoms with E-state index in [2.05, 4.69) is 65.6 Å². The molecule has 1 unspecified atom stereocenters. The highest BCUT2D eigenvalue weighted by atomic mass is 32.2. The zero-order valence-electron chi connectivity index (χ0n) is 10.9. The predicted molar refractivity (Wildman–Crippen MR) is 85.2 cm³/mol. The second kappa shape index (κ2) is 3.80. The van der Waals surface area contributed by atoms with E-state index in [1.807, 2.05) is 11.8 Å². The van der Waals surface area contributed by atoms with Crippen LogP contribution in [0.2, 0.25) is 0 Å². The zero-order chi connectivity index (χ0) is 13.1. The van der Waals surface area contributed by atoms with Crippen LogP contribution in [0.4, 0.5) is 5.69 Å². The first-order valence-corrected chi connectivity index (χ1v) is 7.82. The van der Waals surface area contributed by atoms with Gasteiger partial charge in [-0.2, -0.15) is 0 Å². The summed E-state index contributed by atoms with van der Waals surface area (Å²) in [4.78, 5) is 3.94. The van der Waals surface area contributed by atoms with Crippen LogP contribution in [0.15, 0.2) is 65.6 Å².